The van der Waals surface area contributed by atoms with Crippen molar-refractivity contribution < 1.29 is 14.3 Å². The van der Waals surface area contributed by atoms with Gasteiger partial charge in [0, 0.05) is 15.3 Å². The van der Waals surface area contributed by atoms with Crippen LogP contribution in [0.15, 0.2) is 30.3 Å². The second-order valence-electron chi connectivity index (χ2n) is 4.69. The van der Waals surface area contributed by atoms with Crippen LogP contribution in [-0.2, 0) is 0 Å². The van der Waals surface area contributed by atoms with Gasteiger partial charge in [-0.3, -0.25) is 20.4 Å². The van der Waals surface area contributed by atoms with E-state index in [0.717, 1.165) is 9.75 Å². The monoisotopic (exact) mass is 318 g/mol. The number of benzene rings is 1. The fourth-order valence-electron chi connectivity index (χ4n) is 1.98. The normalized spacial score (nSPS) is 10.1. The molecule has 0 fully saturated rings. The summed E-state index contributed by atoms with van der Waals surface area (Å²) >= 11 is 1.55. The summed E-state index contributed by atoms with van der Waals surface area (Å²) in [5, 5.41) is 0. The molecule has 0 bridgehead atoms. The van der Waals surface area contributed by atoms with Crippen LogP contribution < -0.4 is 15.6 Å². The minimum absolute atomic E-state index is 0.318. The third kappa shape index (κ3) is 3.85. The quantitative estimate of drug-likeness (QED) is 0.852. The maximum atomic E-state index is 12.0. The summed E-state index contributed by atoms with van der Waals surface area (Å²) in [6.07, 6.45) is 0. The lowest BCUT2D eigenvalue weighted by molar-refractivity contribution is 0.0846. The van der Waals surface area contributed by atoms with E-state index in [1.54, 1.807) is 41.7 Å². The van der Waals surface area contributed by atoms with E-state index in [1.165, 1.54) is 0 Å². The summed E-state index contributed by atoms with van der Waals surface area (Å²) in [5.41, 5.74) is 5.86. The molecule has 0 saturated heterocycles. The number of hydrogen-bond acceptors (Lipinski definition) is 4. The highest BCUT2D eigenvalue weighted by molar-refractivity contribution is 7.12. The lowest BCUT2D eigenvalue weighted by atomic mass is 10.2. The van der Waals surface area contributed by atoms with Crippen LogP contribution in [0.1, 0.15) is 37.4 Å². The van der Waals surface area contributed by atoms with Crippen molar-refractivity contribution >= 4 is 23.2 Å². The molecule has 2 rings (SSSR count). The molecule has 1 aromatic heterocycles. The number of aryl methyl sites for hydroxylation is 2. The molecule has 0 atom stereocenters. The molecule has 0 aliphatic rings. The van der Waals surface area contributed by atoms with Gasteiger partial charge in [0.25, 0.3) is 11.8 Å². The Morgan fingerprint density at radius 3 is 2.27 bits per heavy atom. The fourth-order valence-corrected chi connectivity index (χ4v) is 2.90. The van der Waals surface area contributed by atoms with E-state index in [0.29, 0.717) is 23.5 Å². The van der Waals surface area contributed by atoms with Gasteiger partial charge in [0.05, 0.1) is 12.2 Å². The Hall–Kier alpha value is -2.34. The van der Waals surface area contributed by atoms with Gasteiger partial charge in [-0.2, -0.15) is 0 Å². The number of ether oxygens (including phenoxy) is 1. The number of thiophene rings is 1. The summed E-state index contributed by atoms with van der Waals surface area (Å²) < 4.78 is 5.31. The lowest BCUT2D eigenvalue weighted by Crippen LogP contribution is -2.41. The number of hydrazine groups is 1. The smallest absolute Gasteiger partial charge is 0.270 e. The molecule has 2 N–H and O–H groups in total. The van der Waals surface area contributed by atoms with E-state index in [-0.39, 0.29) is 11.8 Å². The Bertz CT molecular complexity index is 677. The molecule has 0 unspecified atom stereocenters. The van der Waals surface area contributed by atoms with Crippen molar-refractivity contribution in [3.63, 3.8) is 0 Å². The van der Waals surface area contributed by atoms with Gasteiger partial charge in [0.15, 0.2) is 0 Å². The number of carbonyl (C=O) groups excluding carboxylic acids is 2. The maximum absolute atomic E-state index is 12.0. The van der Waals surface area contributed by atoms with Crippen LogP contribution >= 0.6 is 11.3 Å². The van der Waals surface area contributed by atoms with Crippen LogP contribution in [0.5, 0.6) is 5.75 Å². The van der Waals surface area contributed by atoms with E-state index in [2.05, 4.69) is 10.9 Å². The molecule has 2 aromatic rings. The number of nitrogens with one attached hydrogen (secondary N) is 2. The summed E-state index contributed by atoms with van der Waals surface area (Å²) in [6, 6.07) is 8.52. The van der Waals surface area contributed by atoms with E-state index < -0.39 is 0 Å². The van der Waals surface area contributed by atoms with Crippen molar-refractivity contribution in [1.82, 2.24) is 10.9 Å². The maximum Gasteiger partial charge on any atom is 0.270 e. The molecule has 116 valence electrons. The fraction of sp³-hybridized carbons (Fsp3) is 0.250. The average Bonchev–Trinajstić information content (AvgIpc) is 2.84. The Morgan fingerprint density at radius 2 is 1.73 bits per heavy atom. The molecule has 2 amide bonds. The zero-order chi connectivity index (χ0) is 16.1. The first-order valence-corrected chi connectivity index (χ1v) is 7.73. The Balaban J connectivity index is 1.94. The largest absolute Gasteiger partial charge is 0.494 e. The molecular formula is C16H18N2O3S. The predicted molar refractivity (Wildman–Crippen MR) is 86.3 cm³/mol. The van der Waals surface area contributed by atoms with Crippen LogP contribution in [-0.4, -0.2) is 18.4 Å². The van der Waals surface area contributed by atoms with Gasteiger partial charge in [-0.1, -0.05) is 0 Å². The molecule has 0 aliphatic heterocycles. The van der Waals surface area contributed by atoms with Gasteiger partial charge >= 0.3 is 0 Å². The number of amides is 2. The van der Waals surface area contributed by atoms with Gasteiger partial charge in [-0.25, -0.2) is 0 Å². The minimum Gasteiger partial charge on any atom is -0.494 e. The number of hydrogen-bond donors (Lipinski definition) is 2. The van der Waals surface area contributed by atoms with Gasteiger partial charge < -0.3 is 4.74 Å². The van der Waals surface area contributed by atoms with Crippen molar-refractivity contribution in [2.45, 2.75) is 20.8 Å². The molecule has 0 saturated carbocycles. The van der Waals surface area contributed by atoms with Crippen LogP contribution in [0.2, 0.25) is 0 Å². The number of carbonyl (C=O) groups is 2. The summed E-state index contributed by atoms with van der Waals surface area (Å²) in [5.74, 6) is 0.00889. The third-order valence-corrected chi connectivity index (χ3v) is 3.97. The van der Waals surface area contributed by atoms with Crippen molar-refractivity contribution in [2.75, 3.05) is 6.61 Å². The molecule has 1 aromatic carbocycles. The highest BCUT2D eigenvalue weighted by Crippen LogP contribution is 2.20. The van der Waals surface area contributed by atoms with Crippen molar-refractivity contribution in [2.24, 2.45) is 0 Å². The highest BCUT2D eigenvalue weighted by Gasteiger charge is 2.13. The summed E-state index contributed by atoms with van der Waals surface area (Å²) in [7, 11) is 0. The Morgan fingerprint density at radius 1 is 1.09 bits per heavy atom. The third-order valence-electron chi connectivity index (χ3n) is 3.00. The van der Waals surface area contributed by atoms with Crippen LogP contribution in [0.25, 0.3) is 0 Å². The SMILES string of the molecule is CCOc1ccc(C(=O)NNC(=O)c2cc(C)sc2C)cc1. The molecule has 22 heavy (non-hydrogen) atoms. The van der Waals surface area contributed by atoms with E-state index in [4.69, 9.17) is 4.74 Å². The zero-order valence-corrected chi connectivity index (χ0v) is 13.5. The van der Waals surface area contributed by atoms with Crippen molar-refractivity contribution in [1.29, 1.82) is 0 Å². The summed E-state index contributed by atoms with van der Waals surface area (Å²) in [4.78, 5) is 26.0. The number of rotatable bonds is 4. The average molecular weight is 318 g/mol. The summed E-state index contributed by atoms with van der Waals surface area (Å²) in [6.45, 7) is 6.28. The predicted octanol–water partition coefficient (Wildman–Crippen LogP) is 2.84. The Labute approximate surface area is 133 Å². The van der Waals surface area contributed by atoms with E-state index in [1.807, 2.05) is 20.8 Å². The van der Waals surface area contributed by atoms with E-state index >= 15 is 0 Å². The van der Waals surface area contributed by atoms with Gasteiger partial charge in [-0.15, -0.1) is 11.3 Å². The van der Waals surface area contributed by atoms with Crippen molar-refractivity contribution in [3.05, 3.63) is 51.2 Å². The zero-order valence-electron chi connectivity index (χ0n) is 12.7. The Kier molecular flexibility index (Phi) is 5.16. The molecule has 6 heteroatoms. The molecule has 0 radical (unpaired) electrons. The molecule has 0 aliphatic carbocycles. The molecule has 5 nitrogen and oxygen atoms in total. The minimum atomic E-state index is -0.374. The van der Waals surface area contributed by atoms with Crippen LogP contribution in [0, 0.1) is 13.8 Å². The van der Waals surface area contributed by atoms with Crippen molar-refractivity contribution in [3.8, 4) is 5.75 Å². The van der Waals surface area contributed by atoms with Gasteiger partial charge in [-0.05, 0) is 51.1 Å². The van der Waals surface area contributed by atoms with Gasteiger partial charge in [0.1, 0.15) is 5.75 Å². The topological polar surface area (TPSA) is 67.4 Å². The second kappa shape index (κ2) is 7.09. The van der Waals surface area contributed by atoms with Crippen LogP contribution in [0.4, 0.5) is 0 Å². The van der Waals surface area contributed by atoms with E-state index in [9.17, 15) is 9.59 Å². The second-order valence-corrected chi connectivity index (χ2v) is 6.15. The molecular weight excluding hydrogens is 300 g/mol. The van der Waals surface area contributed by atoms with Crippen LogP contribution in [0.3, 0.4) is 0 Å². The van der Waals surface area contributed by atoms with Gasteiger partial charge in [0.2, 0.25) is 0 Å². The first-order valence-electron chi connectivity index (χ1n) is 6.92. The highest BCUT2D eigenvalue weighted by atomic mass is 32.1. The molecule has 1 heterocycles. The standard InChI is InChI=1S/C16H18N2O3S/c1-4-21-13-7-5-12(6-8-13)15(19)17-18-16(20)14-9-10(2)22-11(14)3/h5-9H,4H2,1-3H3,(H,17,19)(H,18,20). The first-order chi connectivity index (χ1) is 10.5. The first kappa shape index (κ1) is 16.0. The lowest BCUT2D eigenvalue weighted by Gasteiger charge is -2.08. The molecule has 0 spiro atoms.